The number of hydrogen-bond acceptors (Lipinski definition) is 11. The average molecular weight is 406 g/mol. The van der Waals surface area contributed by atoms with Gasteiger partial charge in [0.1, 0.15) is 36.6 Å². The lowest BCUT2D eigenvalue weighted by Crippen LogP contribution is -2.58. The molecule has 1 rings (SSSR count). The van der Waals surface area contributed by atoms with Crippen molar-refractivity contribution < 1.29 is 55.1 Å². The Labute approximate surface area is 160 Å². The van der Waals surface area contributed by atoms with Gasteiger partial charge in [-0.15, -0.1) is 0 Å². The van der Waals surface area contributed by atoms with Gasteiger partial charge in [0.15, 0.2) is 12.6 Å². The molecule has 8 atom stereocenters. The molecular weight excluding hydrogens is 368 g/mol. The fraction of sp³-hybridized carbons (Fsp3) is 1.00. The number of aliphatic hydroxyl groups excluding tert-OH is 8. The Morgan fingerprint density at radius 2 is 1.33 bits per heavy atom. The molecule has 8 unspecified atom stereocenters. The lowest BCUT2D eigenvalue weighted by Gasteiger charge is -2.38. The summed E-state index contributed by atoms with van der Waals surface area (Å²) in [5.74, 6) is 0. The number of hydrogen-bond donors (Lipinski definition) is 8. The second-order valence-electron chi connectivity index (χ2n) is 4.80. The van der Waals surface area contributed by atoms with E-state index in [1.807, 2.05) is 27.7 Å². The molecule has 1 saturated heterocycles. The van der Waals surface area contributed by atoms with Crippen molar-refractivity contribution in [3.63, 3.8) is 0 Å². The average Bonchev–Trinajstić information content (AvgIpc) is 2.73. The fourth-order valence-electron chi connectivity index (χ4n) is 1.70. The summed E-state index contributed by atoms with van der Waals surface area (Å²) in [7, 11) is 2.48. The summed E-state index contributed by atoms with van der Waals surface area (Å²) in [6, 6.07) is 0. The molecule has 0 aromatic heterocycles. The second-order valence-corrected chi connectivity index (χ2v) is 4.80. The van der Waals surface area contributed by atoms with Crippen molar-refractivity contribution >= 4 is 0 Å². The van der Waals surface area contributed by atoms with Gasteiger partial charge in [-0.05, 0) is 0 Å². The van der Waals surface area contributed by atoms with E-state index < -0.39 is 62.4 Å². The van der Waals surface area contributed by atoms with Crippen LogP contribution in [0.1, 0.15) is 27.7 Å². The van der Waals surface area contributed by atoms with E-state index in [9.17, 15) is 15.3 Å². The molecule has 1 fully saturated rings. The molecular formula is C16H38O11. The van der Waals surface area contributed by atoms with E-state index in [1.165, 1.54) is 14.2 Å². The maximum Gasteiger partial charge on any atom is 0.186 e. The molecule has 11 heteroatoms. The maximum absolute atomic E-state index is 9.28. The van der Waals surface area contributed by atoms with Gasteiger partial charge in [0, 0.05) is 14.2 Å². The van der Waals surface area contributed by atoms with Crippen molar-refractivity contribution in [2.24, 2.45) is 0 Å². The van der Waals surface area contributed by atoms with Crippen LogP contribution < -0.4 is 0 Å². The Hall–Kier alpha value is -0.440. The molecule has 0 radical (unpaired) electrons. The van der Waals surface area contributed by atoms with Crippen LogP contribution in [0.25, 0.3) is 0 Å². The minimum Gasteiger partial charge on any atom is -0.394 e. The zero-order valence-corrected chi connectivity index (χ0v) is 16.8. The van der Waals surface area contributed by atoms with Crippen molar-refractivity contribution in [1.29, 1.82) is 0 Å². The summed E-state index contributed by atoms with van der Waals surface area (Å²) in [4.78, 5) is 0. The SMILES string of the molecule is CC.CC.COC(O)C(O)C(O)CO.COC1OC(CO)C(O)C(O)C1O. The minimum atomic E-state index is -1.46. The molecule has 0 amide bonds. The van der Waals surface area contributed by atoms with Crippen LogP contribution in [0.3, 0.4) is 0 Å². The smallest absolute Gasteiger partial charge is 0.186 e. The van der Waals surface area contributed by atoms with Gasteiger partial charge in [0.25, 0.3) is 0 Å². The predicted molar refractivity (Wildman–Crippen MR) is 95.6 cm³/mol. The summed E-state index contributed by atoms with van der Waals surface area (Å²) in [6.07, 6.45) is -10.2. The lowest BCUT2D eigenvalue weighted by molar-refractivity contribution is -0.294. The molecule has 0 aliphatic carbocycles. The van der Waals surface area contributed by atoms with E-state index in [1.54, 1.807) is 0 Å². The van der Waals surface area contributed by atoms with E-state index >= 15 is 0 Å². The van der Waals surface area contributed by atoms with Crippen LogP contribution in [0, 0.1) is 0 Å². The van der Waals surface area contributed by atoms with Crippen LogP contribution >= 0.6 is 0 Å². The molecule has 1 aliphatic heterocycles. The monoisotopic (exact) mass is 406 g/mol. The number of ether oxygens (including phenoxy) is 3. The Kier molecular flexibility index (Phi) is 21.9. The summed E-state index contributed by atoms with van der Waals surface area (Å²) >= 11 is 0. The molecule has 0 aromatic carbocycles. The van der Waals surface area contributed by atoms with Crippen molar-refractivity contribution in [2.75, 3.05) is 27.4 Å². The topological polar surface area (TPSA) is 190 Å². The first-order chi connectivity index (χ1) is 12.7. The van der Waals surface area contributed by atoms with Gasteiger partial charge in [0.05, 0.1) is 13.2 Å². The van der Waals surface area contributed by atoms with E-state index in [2.05, 4.69) is 4.74 Å². The minimum absolute atomic E-state index is 0.440. The molecule has 11 nitrogen and oxygen atoms in total. The molecule has 0 spiro atoms. The fourth-order valence-corrected chi connectivity index (χ4v) is 1.70. The van der Waals surface area contributed by atoms with Gasteiger partial charge in [-0.2, -0.15) is 0 Å². The Balaban J connectivity index is -0.000000369. The highest BCUT2D eigenvalue weighted by Gasteiger charge is 2.43. The Bertz CT molecular complexity index is 278. The van der Waals surface area contributed by atoms with Gasteiger partial charge in [-0.25, -0.2) is 0 Å². The summed E-state index contributed by atoms with van der Waals surface area (Å²) in [5, 5.41) is 71.0. The van der Waals surface area contributed by atoms with Gasteiger partial charge in [0.2, 0.25) is 0 Å². The predicted octanol–water partition coefficient (Wildman–Crippen LogP) is -2.85. The van der Waals surface area contributed by atoms with Crippen LogP contribution in [0.2, 0.25) is 0 Å². The van der Waals surface area contributed by atoms with Gasteiger partial charge in [-0.3, -0.25) is 0 Å². The summed E-state index contributed by atoms with van der Waals surface area (Å²) in [5.41, 5.74) is 0. The number of aliphatic hydroxyl groups is 8. The zero-order chi connectivity index (χ0) is 22.2. The molecule has 1 aliphatic rings. The van der Waals surface area contributed by atoms with Crippen molar-refractivity contribution in [3.8, 4) is 0 Å². The molecule has 0 aromatic rings. The Morgan fingerprint density at radius 1 is 0.852 bits per heavy atom. The largest absolute Gasteiger partial charge is 0.394 e. The highest BCUT2D eigenvalue weighted by atomic mass is 16.7. The normalized spacial score (nSPS) is 30.2. The summed E-state index contributed by atoms with van der Waals surface area (Å²) < 4.78 is 13.9. The third-order valence-electron chi connectivity index (χ3n) is 3.20. The van der Waals surface area contributed by atoms with Crippen LogP contribution in [0.15, 0.2) is 0 Å². The molecule has 0 bridgehead atoms. The maximum atomic E-state index is 9.28. The lowest BCUT2D eigenvalue weighted by atomic mass is 9.99. The highest BCUT2D eigenvalue weighted by Crippen LogP contribution is 2.21. The van der Waals surface area contributed by atoms with Crippen molar-refractivity contribution in [3.05, 3.63) is 0 Å². The molecule has 168 valence electrons. The van der Waals surface area contributed by atoms with Crippen molar-refractivity contribution in [2.45, 2.75) is 76.9 Å². The summed E-state index contributed by atoms with van der Waals surface area (Å²) in [6.45, 7) is 6.95. The molecule has 27 heavy (non-hydrogen) atoms. The van der Waals surface area contributed by atoms with Gasteiger partial charge < -0.3 is 55.1 Å². The van der Waals surface area contributed by atoms with E-state index in [-0.39, 0.29) is 0 Å². The third kappa shape index (κ3) is 11.2. The van der Waals surface area contributed by atoms with Gasteiger partial charge in [-0.1, -0.05) is 27.7 Å². The van der Waals surface area contributed by atoms with Gasteiger partial charge >= 0.3 is 0 Å². The highest BCUT2D eigenvalue weighted by molar-refractivity contribution is 4.88. The zero-order valence-electron chi connectivity index (χ0n) is 16.8. The van der Waals surface area contributed by atoms with Crippen molar-refractivity contribution in [1.82, 2.24) is 0 Å². The van der Waals surface area contributed by atoms with Crippen LogP contribution in [-0.2, 0) is 14.2 Å². The number of methoxy groups -OCH3 is 2. The molecule has 8 N–H and O–H groups in total. The first-order valence-electron chi connectivity index (χ1n) is 8.76. The first kappa shape index (κ1) is 31.3. The molecule has 0 saturated carbocycles. The van der Waals surface area contributed by atoms with E-state index in [4.69, 9.17) is 35.0 Å². The van der Waals surface area contributed by atoms with Crippen LogP contribution in [-0.4, -0.2) is 117 Å². The quantitative estimate of drug-likeness (QED) is 0.212. The van der Waals surface area contributed by atoms with E-state index in [0.29, 0.717) is 0 Å². The van der Waals surface area contributed by atoms with Crippen LogP contribution in [0.4, 0.5) is 0 Å². The standard InChI is InChI=1S/C7H14O6.C5H12O5.2C2H6/c1-12-7-6(11)5(10)4(9)3(2-8)13-7;1-10-5(9)4(8)3(7)2-6;2*1-2/h3-11H,2H2,1H3;3-9H,2H2,1H3;2*1-2H3. The molecule has 1 heterocycles. The Morgan fingerprint density at radius 3 is 1.67 bits per heavy atom. The van der Waals surface area contributed by atoms with E-state index in [0.717, 1.165) is 0 Å². The third-order valence-corrected chi connectivity index (χ3v) is 3.20. The second kappa shape index (κ2) is 18.9. The number of rotatable bonds is 6. The van der Waals surface area contributed by atoms with Crippen LogP contribution in [0.5, 0.6) is 0 Å². The first-order valence-corrected chi connectivity index (χ1v) is 8.76.